The Hall–Kier alpha value is -4.50. The number of esters is 1. The van der Waals surface area contributed by atoms with Crippen LogP contribution < -0.4 is 0 Å². The number of pyridine rings is 1. The van der Waals surface area contributed by atoms with Crippen LogP contribution in [0.25, 0.3) is 22.2 Å². The Balaban J connectivity index is 1.60. The number of carbonyl (C=O) groups is 2. The van der Waals surface area contributed by atoms with Gasteiger partial charge in [-0.1, -0.05) is 87.9 Å². The zero-order valence-corrected chi connectivity index (χ0v) is 23.3. The number of nitriles is 1. The fourth-order valence-corrected chi connectivity index (χ4v) is 4.81. The molecular weight excluding hydrogens is 498 g/mol. The number of fused-ring (bicyclic) bond motifs is 1. The van der Waals surface area contributed by atoms with Gasteiger partial charge < -0.3 is 9.64 Å². The van der Waals surface area contributed by atoms with E-state index >= 15 is 0 Å². The third-order valence-electron chi connectivity index (χ3n) is 6.93. The maximum Gasteiger partial charge on any atom is 0.329 e. The summed E-state index contributed by atoms with van der Waals surface area (Å²) in [5, 5.41) is 10.4. The van der Waals surface area contributed by atoms with Crippen molar-refractivity contribution in [3.63, 3.8) is 0 Å². The van der Waals surface area contributed by atoms with E-state index in [-0.39, 0.29) is 18.4 Å². The molecule has 4 rings (SSSR count). The molecule has 0 bridgehead atoms. The lowest BCUT2D eigenvalue weighted by Crippen LogP contribution is -2.48. The first-order valence-corrected chi connectivity index (χ1v) is 13.8. The third-order valence-corrected chi connectivity index (χ3v) is 6.93. The molecule has 0 aliphatic heterocycles. The van der Waals surface area contributed by atoms with Gasteiger partial charge in [-0.05, 0) is 47.7 Å². The van der Waals surface area contributed by atoms with Crippen molar-refractivity contribution in [2.45, 2.75) is 59.2 Å². The molecule has 1 amide bonds. The number of unbranched alkanes of at least 4 members (excludes halogenated alkanes) is 1. The summed E-state index contributed by atoms with van der Waals surface area (Å²) in [6, 6.07) is 28.3. The smallest absolute Gasteiger partial charge is 0.329 e. The first-order valence-electron chi connectivity index (χ1n) is 13.8. The third kappa shape index (κ3) is 6.92. The molecule has 0 radical (unpaired) electrons. The van der Waals surface area contributed by atoms with Gasteiger partial charge in [0.15, 0.2) is 0 Å². The van der Waals surface area contributed by atoms with Crippen molar-refractivity contribution in [2.24, 2.45) is 5.92 Å². The minimum atomic E-state index is -0.702. The maximum atomic E-state index is 13.4. The minimum Gasteiger partial charge on any atom is -0.459 e. The first-order chi connectivity index (χ1) is 19.4. The molecule has 0 aliphatic carbocycles. The summed E-state index contributed by atoms with van der Waals surface area (Å²) in [5.74, 6) is -0.579. The van der Waals surface area contributed by atoms with E-state index in [2.05, 4.69) is 6.07 Å². The average molecular weight is 534 g/mol. The topological polar surface area (TPSA) is 83.3 Å². The highest BCUT2D eigenvalue weighted by Crippen LogP contribution is 2.26. The number of nitrogens with zero attached hydrogens (tertiary/aromatic N) is 3. The van der Waals surface area contributed by atoms with Gasteiger partial charge in [-0.3, -0.25) is 4.79 Å². The van der Waals surface area contributed by atoms with Crippen LogP contribution in [-0.2, 0) is 27.5 Å². The van der Waals surface area contributed by atoms with Crippen LogP contribution in [-0.4, -0.2) is 27.8 Å². The van der Waals surface area contributed by atoms with Gasteiger partial charge in [-0.15, -0.1) is 0 Å². The lowest BCUT2D eigenvalue weighted by Gasteiger charge is -2.33. The number of benzene rings is 3. The van der Waals surface area contributed by atoms with Gasteiger partial charge in [0.1, 0.15) is 12.6 Å². The number of hydrogen-bond acceptors (Lipinski definition) is 5. The molecule has 0 saturated heterocycles. The molecule has 0 saturated carbocycles. The van der Waals surface area contributed by atoms with E-state index in [0.717, 1.165) is 46.1 Å². The highest BCUT2D eigenvalue weighted by Gasteiger charge is 2.33. The van der Waals surface area contributed by atoms with Gasteiger partial charge in [-0.2, -0.15) is 5.26 Å². The van der Waals surface area contributed by atoms with E-state index < -0.39 is 12.0 Å². The average Bonchev–Trinajstić information content (AvgIpc) is 2.98. The number of amides is 1. The predicted octanol–water partition coefficient (Wildman–Crippen LogP) is 7.06. The summed E-state index contributed by atoms with van der Waals surface area (Å²) < 4.78 is 5.70. The second-order valence-electron chi connectivity index (χ2n) is 10.3. The Morgan fingerprint density at radius 3 is 2.42 bits per heavy atom. The lowest BCUT2D eigenvalue weighted by molar-refractivity contribution is -0.159. The van der Waals surface area contributed by atoms with E-state index in [1.165, 1.54) is 0 Å². The molecule has 204 valence electrons. The number of ether oxygens (including phenoxy) is 1. The van der Waals surface area contributed by atoms with E-state index in [9.17, 15) is 14.9 Å². The first kappa shape index (κ1) is 28.5. The Kier molecular flexibility index (Phi) is 9.64. The van der Waals surface area contributed by atoms with Gasteiger partial charge in [0.25, 0.3) is 0 Å². The van der Waals surface area contributed by atoms with Crippen molar-refractivity contribution >= 4 is 22.8 Å². The lowest BCUT2D eigenvalue weighted by atomic mass is 10.00. The van der Waals surface area contributed by atoms with Gasteiger partial charge in [0, 0.05) is 23.9 Å². The number of carbonyl (C=O) groups excluding carboxylic acids is 2. The fourth-order valence-electron chi connectivity index (χ4n) is 4.81. The highest BCUT2D eigenvalue weighted by atomic mass is 16.5. The molecule has 6 nitrogen and oxygen atoms in total. The van der Waals surface area contributed by atoms with E-state index in [0.29, 0.717) is 18.5 Å². The second kappa shape index (κ2) is 13.5. The van der Waals surface area contributed by atoms with Crippen molar-refractivity contribution in [3.8, 4) is 17.3 Å². The normalized spacial score (nSPS) is 11.7. The van der Waals surface area contributed by atoms with Crippen molar-refractivity contribution in [2.75, 3.05) is 0 Å². The Bertz CT molecular complexity index is 1510. The van der Waals surface area contributed by atoms with Crippen molar-refractivity contribution in [1.29, 1.82) is 5.26 Å². The van der Waals surface area contributed by atoms with Crippen molar-refractivity contribution in [1.82, 2.24) is 9.88 Å². The Morgan fingerprint density at radius 1 is 0.950 bits per heavy atom. The predicted molar refractivity (Wildman–Crippen MR) is 157 cm³/mol. The van der Waals surface area contributed by atoms with Gasteiger partial charge >= 0.3 is 5.97 Å². The standard InChI is InChI=1S/C34H35N3O3/c1-4-5-15-32(38)37(33(24(2)3)34(39)40-23-25-11-7-6-8-12-25)22-26-16-18-30-27(20-26)17-19-31(36-30)29-14-10-9-13-28(29)21-35/h6-14,16-20,24,33H,4-5,15,22-23H2,1-3H3/t33-/m0/s1. The van der Waals surface area contributed by atoms with Gasteiger partial charge in [0.2, 0.25) is 5.91 Å². The molecule has 0 N–H and O–H groups in total. The minimum absolute atomic E-state index is 0.0566. The summed E-state index contributed by atoms with van der Waals surface area (Å²) >= 11 is 0. The van der Waals surface area contributed by atoms with E-state index in [1.807, 2.05) is 99.6 Å². The molecule has 0 unspecified atom stereocenters. The Morgan fingerprint density at radius 2 is 1.70 bits per heavy atom. The molecule has 40 heavy (non-hydrogen) atoms. The molecule has 1 aromatic heterocycles. The largest absolute Gasteiger partial charge is 0.459 e. The van der Waals surface area contributed by atoms with Crippen LogP contribution in [0.3, 0.4) is 0 Å². The second-order valence-corrected chi connectivity index (χ2v) is 10.3. The zero-order valence-electron chi connectivity index (χ0n) is 23.3. The molecule has 3 aromatic carbocycles. The number of aromatic nitrogens is 1. The number of hydrogen-bond donors (Lipinski definition) is 0. The van der Waals surface area contributed by atoms with Crippen molar-refractivity contribution in [3.05, 3.63) is 102 Å². The van der Waals surface area contributed by atoms with Crippen LogP contribution in [0.1, 0.15) is 56.7 Å². The quantitative estimate of drug-likeness (QED) is 0.193. The SMILES string of the molecule is CCCCC(=O)N(Cc1ccc2nc(-c3ccccc3C#N)ccc2c1)[C@H](C(=O)OCc1ccccc1)C(C)C. The van der Waals surface area contributed by atoms with E-state index in [1.54, 1.807) is 11.0 Å². The summed E-state index contributed by atoms with van der Waals surface area (Å²) in [4.78, 5) is 33.3. The van der Waals surface area contributed by atoms with Gasteiger partial charge in [0.05, 0.1) is 22.8 Å². The summed E-state index contributed by atoms with van der Waals surface area (Å²) in [6.07, 6.45) is 2.03. The molecule has 0 fully saturated rings. The maximum absolute atomic E-state index is 13.4. The monoisotopic (exact) mass is 533 g/mol. The highest BCUT2D eigenvalue weighted by molar-refractivity contribution is 5.86. The van der Waals surface area contributed by atoms with Crippen LogP contribution >= 0.6 is 0 Å². The summed E-state index contributed by atoms with van der Waals surface area (Å²) in [6.45, 7) is 6.39. The summed E-state index contributed by atoms with van der Waals surface area (Å²) in [5.41, 5.74) is 4.70. The van der Waals surface area contributed by atoms with Crippen LogP contribution in [0.4, 0.5) is 0 Å². The molecule has 0 spiro atoms. The zero-order chi connectivity index (χ0) is 28.5. The van der Waals surface area contributed by atoms with Gasteiger partial charge in [-0.25, -0.2) is 9.78 Å². The number of rotatable bonds is 11. The fraction of sp³-hybridized carbons (Fsp3) is 0.294. The summed E-state index contributed by atoms with van der Waals surface area (Å²) in [7, 11) is 0. The molecule has 0 aliphatic rings. The molecular formula is C34H35N3O3. The van der Waals surface area contributed by atoms with E-state index in [4.69, 9.17) is 9.72 Å². The molecule has 1 heterocycles. The molecule has 6 heteroatoms. The van der Waals surface area contributed by atoms with Crippen LogP contribution in [0.2, 0.25) is 0 Å². The van der Waals surface area contributed by atoms with Crippen LogP contribution in [0.15, 0.2) is 84.9 Å². The Labute approximate surface area is 236 Å². The van der Waals surface area contributed by atoms with Crippen LogP contribution in [0.5, 0.6) is 0 Å². The molecule has 1 atom stereocenters. The van der Waals surface area contributed by atoms with Crippen molar-refractivity contribution < 1.29 is 14.3 Å². The van der Waals surface area contributed by atoms with Crippen LogP contribution in [0, 0.1) is 17.2 Å². The molecule has 4 aromatic rings.